The van der Waals surface area contributed by atoms with Gasteiger partial charge in [-0.05, 0) is 36.3 Å². The zero-order valence-corrected chi connectivity index (χ0v) is 15.6. The number of hydrogen-bond donors (Lipinski definition) is 1. The zero-order chi connectivity index (χ0) is 18.5. The van der Waals surface area contributed by atoms with Crippen LogP contribution in [0, 0.1) is 5.92 Å². The van der Waals surface area contributed by atoms with Crippen LogP contribution in [-0.4, -0.2) is 44.9 Å². The van der Waals surface area contributed by atoms with Crippen LogP contribution in [0.2, 0.25) is 0 Å². The monoisotopic (exact) mass is 373 g/mol. The summed E-state index contributed by atoms with van der Waals surface area (Å²) >= 11 is 0. The van der Waals surface area contributed by atoms with Crippen molar-refractivity contribution < 1.29 is 13.2 Å². The van der Waals surface area contributed by atoms with Crippen LogP contribution in [0.3, 0.4) is 0 Å². The van der Waals surface area contributed by atoms with Gasteiger partial charge in [-0.25, -0.2) is 8.42 Å². The molecule has 1 fully saturated rings. The van der Waals surface area contributed by atoms with E-state index in [0.717, 1.165) is 18.2 Å². The third kappa shape index (κ3) is 2.57. The molecule has 2 aromatic rings. The first kappa shape index (κ1) is 17.3. The quantitative estimate of drug-likeness (QED) is 0.891. The molecular formula is C19H23N3O3S. The summed E-state index contributed by atoms with van der Waals surface area (Å²) in [5, 5.41) is 1.57. The maximum Gasteiger partial charge on any atom is 0.265 e. The highest BCUT2D eigenvalue weighted by Gasteiger charge is 2.38. The lowest BCUT2D eigenvalue weighted by Gasteiger charge is -2.38. The summed E-state index contributed by atoms with van der Waals surface area (Å²) < 4.78 is 27.3. The molecule has 0 aromatic heterocycles. The van der Waals surface area contributed by atoms with Crippen molar-refractivity contribution in [2.24, 2.45) is 11.7 Å². The minimum Gasteiger partial charge on any atom is -0.337 e. The minimum atomic E-state index is -3.71. The van der Waals surface area contributed by atoms with Crippen molar-refractivity contribution in [1.82, 2.24) is 4.90 Å². The number of nitrogens with zero attached hydrogens (tertiary/aromatic N) is 2. The third-order valence-corrected chi connectivity index (χ3v) is 7.33. The van der Waals surface area contributed by atoms with Gasteiger partial charge < -0.3 is 10.6 Å². The number of nitrogens with two attached hydrogens (primary N) is 1. The van der Waals surface area contributed by atoms with Crippen molar-refractivity contribution in [1.29, 1.82) is 0 Å². The summed E-state index contributed by atoms with van der Waals surface area (Å²) in [6, 6.07) is 10.7. The van der Waals surface area contributed by atoms with Crippen molar-refractivity contribution in [3.63, 3.8) is 0 Å². The molecule has 4 rings (SSSR count). The Labute approximate surface area is 153 Å². The number of sulfonamides is 1. The molecule has 0 radical (unpaired) electrons. The highest BCUT2D eigenvalue weighted by Crippen LogP contribution is 2.41. The lowest BCUT2D eigenvalue weighted by molar-refractivity contribution is -0.133. The Morgan fingerprint density at radius 3 is 2.69 bits per heavy atom. The number of amides is 1. The molecule has 26 heavy (non-hydrogen) atoms. The van der Waals surface area contributed by atoms with Crippen molar-refractivity contribution in [2.45, 2.75) is 30.7 Å². The first-order chi connectivity index (χ1) is 12.4. The molecule has 6 nitrogen and oxygen atoms in total. The number of rotatable bonds is 3. The van der Waals surface area contributed by atoms with Crippen LogP contribution in [0.5, 0.6) is 0 Å². The maximum absolute atomic E-state index is 13.0. The normalized spacial score (nSPS) is 24.2. The van der Waals surface area contributed by atoms with Crippen molar-refractivity contribution in [3.8, 4) is 0 Å². The summed E-state index contributed by atoms with van der Waals surface area (Å²) in [5.41, 5.74) is 6.44. The van der Waals surface area contributed by atoms with Crippen LogP contribution >= 0.6 is 0 Å². The summed E-state index contributed by atoms with van der Waals surface area (Å²) in [7, 11) is -3.71. The Morgan fingerprint density at radius 1 is 1.23 bits per heavy atom. The highest BCUT2D eigenvalue weighted by atomic mass is 32.2. The van der Waals surface area contributed by atoms with Crippen molar-refractivity contribution in [2.75, 3.05) is 23.9 Å². The van der Waals surface area contributed by atoms with E-state index in [1.807, 2.05) is 18.2 Å². The number of benzene rings is 2. The number of likely N-dealkylation sites (tertiary alicyclic amines) is 1. The molecule has 2 unspecified atom stereocenters. The summed E-state index contributed by atoms with van der Waals surface area (Å²) in [5.74, 6) is 0.349. The van der Waals surface area contributed by atoms with E-state index < -0.39 is 10.0 Å². The Balaban J connectivity index is 1.67. The number of carbonyl (C=O) groups excluding carboxylic acids is 1. The molecule has 138 valence electrons. The van der Waals surface area contributed by atoms with Gasteiger partial charge in [0, 0.05) is 24.5 Å². The van der Waals surface area contributed by atoms with E-state index in [2.05, 4.69) is 6.92 Å². The second kappa shape index (κ2) is 6.25. The van der Waals surface area contributed by atoms with E-state index in [9.17, 15) is 13.2 Å². The summed E-state index contributed by atoms with van der Waals surface area (Å²) in [6.07, 6.45) is 1.79. The summed E-state index contributed by atoms with van der Waals surface area (Å²) in [6.45, 7) is 3.01. The fraction of sp³-hybridized carbons (Fsp3) is 0.421. The predicted molar refractivity (Wildman–Crippen MR) is 101 cm³/mol. The number of piperidine rings is 1. The van der Waals surface area contributed by atoms with Gasteiger partial charge in [-0.2, -0.15) is 0 Å². The van der Waals surface area contributed by atoms with Crippen LogP contribution in [-0.2, 0) is 14.8 Å². The van der Waals surface area contributed by atoms with E-state index in [1.54, 1.807) is 23.1 Å². The average Bonchev–Trinajstić information content (AvgIpc) is 2.85. The molecular weight excluding hydrogens is 350 g/mol. The molecule has 2 N–H and O–H groups in total. The van der Waals surface area contributed by atoms with Gasteiger partial charge >= 0.3 is 0 Å². The van der Waals surface area contributed by atoms with Gasteiger partial charge in [0.25, 0.3) is 10.0 Å². The van der Waals surface area contributed by atoms with Crippen LogP contribution in [0.15, 0.2) is 41.3 Å². The molecule has 0 saturated carbocycles. The van der Waals surface area contributed by atoms with Gasteiger partial charge in [0.2, 0.25) is 5.91 Å². The van der Waals surface area contributed by atoms with Gasteiger partial charge in [-0.3, -0.25) is 9.10 Å². The molecule has 1 amide bonds. The Morgan fingerprint density at radius 2 is 1.96 bits per heavy atom. The second-order valence-corrected chi connectivity index (χ2v) is 9.08. The molecule has 1 saturated heterocycles. The lowest BCUT2D eigenvalue weighted by Crippen LogP contribution is -2.52. The Hall–Kier alpha value is -2.12. The van der Waals surface area contributed by atoms with E-state index in [4.69, 9.17) is 5.73 Å². The lowest BCUT2D eigenvalue weighted by atomic mass is 9.92. The predicted octanol–water partition coefficient (Wildman–Crippen LogP) is 1.93. The molecule has 2 aliphatic heterocycles. The fourth-order valence-corrected chi connectivity index (χ4v) is 5.81. The van der Waals surface area contributed by atoms with Crippen molar-refractivity contribution >= 4 is 32.4 Å². The maximum atomic E-state index is 13.0. The van der Waals surface area contributed by atoms with Crippen LogP contribution in [0.25, 0.3) is 10.8 Å². The van der Waals surface area contributed by atoms with Gasteiger partial charge in [0.1, 0.15) is 6.54 Å². The molecule has 7 heteroatoms. The molecule has 0 aliphatic carbocycles. The first-order valence-corrected chi connectivity index (χ1v) is 10.4. The van der Waals surface area contributed by atoms with E-state index in [1.165, 1.54) is 4.31 Å². The second-order valence-electron chi connectivity index (χ2n) is 7.25. The summed E-state index contributed by atoms with van der Waals surface area (Å²) in [4.78, 5) is 15.0. The number of anilines is 1. The first-order valence-electron chi connectivity index (χ1n) is 8.97. The Bertz CT molecular complexity index is 968. The molecule has 2 aliphatic rings. The van der Waals surface area contributed by atoms with Gasteiger partial charge in [0.05, 0.1) is 10.6 Å². The highest BCUT2D eigenvalue weighted by molar-refractivity contribution is 7.93. The molecule has 0 spiro atoms. The van der Waals surface area contributed by atoms with Crippen LogP contribution in [0.1, 0.15) is 19.8 Å². The van der Waals surface area contributed by atoms with E-state index in [-0.39, 0.29) is 23.4 Å². The van der Waals surface area contributed by atoms with E-state index in [0.29, 0.717) is 30.1 Å². The molecule has 0 bridgehead atoms. The number of carbonyl (C=O) groups is 1. The SMILES string of the molecule is CC1CCN(C(=O)CN2c3cccc4cccc(c34)S2(=O)=O)C(CN)C1. The standard InChI is InChI=1S/C19H23N3O3S/c1-13-8-9-21(15(10-13)11-20)18(23)12-22-16-6-2-4-14-5-3-7-17(19(14)16)26(22,24)25/h2-7,13,15H,8-12,20H2,1H3. The third-order valence-electron chi connectivity index (χ3n) is 5.53. The Kier molecular flexibility index (Phi) is 4.16. The van der Waals surface area contributed by atoms with Gasteiger partial charge in [-0.15, -0.1) is 0 Å². The fourth-order valence-electron chi connectivity index (χ4n) is 4.15. The average molecular weight is 373 g/mol. The van der Waals surface area contributed by atoms with Crippen LogP contribution < -0.4 is 10.0 Å². The molecule has 2 aromatic carbocycles. The van der Waals surface area contributed by atoms with Crippen LogP contribution in [0.4, 0.5) is 5.69 Å². The zero-order valence-electron chi connectivity index (χ0n) is 14.8. The largest absolute Gasteiger partial charge is 0.337 e. The minimum absolute atomic E-state index is 0.0188. The molecule has 2 atom stereocenters. The smallest absolute Gasteiger partial charge is 0.265 e. The van der Waals surface area contributed by atoms with Gasteiger partial charge in [0.15, 0.2) is 0 Å². The number of hydrogen-bond acceptors (Lipinski definition) is 4. The van der Waals surface area contributed by atoms with Crippen molar-refractivity contribution in [3.05, 3.63) is 36.4 Å². The van der Waals surface area contributed by atoms with E-state index >= 15 is 0 Å². The van der Waals surface area contributed by atoms with Gasteiger partial charge in [-0.1, -0.05) is 31.2 Å². The molecule has 2 heterocycles. The topological polar surface area (TPSA) is 83.7 Å².